The zero-order valence-electron chi connectivity index (χ0n) is 6.74. The first kappa shape index (κ1) is 7.49. The molecule has 0 aliphatic heterocycles. The van der Waals surface area contributed by atoms with Gasteiger partial charge in [0.25, 0.3) is 0 Å². The number of hydrogen-bond acceptors (Lipinski definition) is 4. The van der Waals surface area contributed by atoms with E-state index in [0.29, 0.717) is 0 Å². The molecule has 2 aromatic rings. The Morgan fingerprint density at radius 2 is 2.50 bits per heavy atom. The van der Waals surface area contributed by atoms with E-state index in [1.165, 1.54) is 4.70 Å². The maximum Gasteiger partial charge on any atom is 0.183 e. The lowest BCUT2D eigenvalue weighted by atomic mass is 10.5. The number of anilines is 1. The van der Waals surface area contributed by atoms with Crippen LogP contribution in [0.5, 0.6) is 0 Å². The van der Waals surface area contributed by atoms with Crippen molar-refractivity contribution in [2.45, 2.75) is 6.92 Å². The molecule has 1 N–H and O–H groups in total. The number of nitrogens with one attached hydrogen (secondary N) is 1. The largest absolute Gasteiger partial charge is 0.362 e. The van der Waals surface area contributed by atoms with Gasteiger partial charge >= 0.3 is 0 Å². The normalized spacial score (nSPS) is 10.4. The molecule has 0 fully saturated rings. The highest BCUT2D eigenvalue weighted by Crippen LogP contribution is 2.24. The first-order chi connectivity index (χ1) is 5.90. The van der Waals surface area contributed by atoms with Crippen molar-refractivity contribution in [3.63, 3.8) is 0 Å². The van der Waals surface area contributed by atoms with Crippen LogP contribution >= 0.6 is 11.3 Å². The highest BCUT2D eigenvalue weighted by Gasteiger charge is 2.00. The molecule has 0 radical (unpaired) electrons. The van der Waals surface area contributed by atoms with Gasteiger partial charge in [-0.15, -0.1) is 0 Å². The topological polar surface area (TPSA) is 37.8 Å². The lowest BCUT2D eigenvalue weighted by molar-refractivity contribution is 1.20. The number of aromatic nitrogens is 2. The Bertz CT molecular complexity index is 349. The predicted octanol–water partition coefficient (Wildman–Crippen LogP) is 2.12. The fourth-order valence-corrected chi connectivity index (χ4v) is 1.91. The summed E-state index contributed by atoms with van der Waals surface area (Å²) in [4.78, 5) is 8.35. The van der Waals surface area contributed by atoms with Gasteiger partial charge in [-0.1, -0.05) is 11.3 Å². The Balaban J connectivity index is 2.47. The van der Waals surface area contributed by atoms with Crippen molar-refractivity contribution in [1.82, 2.24) is 9.97 Å². The molecule has 0 spiro atoms. The first-order valence-electron chi connectivity index (χ1n) is 3.84. The molecule has 62 valence electrons. The summed E-state index contributed by atoms with van der Waals surface area (Å²) in [5.74, 6) is 0. The van der Waals surface area contributed by atoms with Gasteiger partial charge in [-0.25, -0.2) is 4.98 Å². The van der Waals surface area contributed by atoms with Crippen LogP contribution in [0, 0.1) is 0 Å². The number of pyridine rings is 1. The highest BCUT2D eigenvalue weighted by molar-refractivity contribution is 7.22. The molecule has 2 rings (SSSR count). The van der Waals surface area contributed by atoms with E-state index in [0.717, 1.165) is 17.2 Å². The minimum absolute atomic E-state index is 0.910. The Kier molecular flexibility index (Phi) is 1.91. The summed E-state index contributed by atoms with van der Waals surface area (Å²) in [5, 5.41) is 4.15. The van der Waals surface area contributed by atoms with Crippen LogP contribution in [-0.2, 0) is 0 Å². The van der Waals surface area contributed by atoms with Gasteiger partial charge < -0.3 is 5.32 Å². The van der Waals surface area contributed by atoms with Gasteiger partial charge in [0.15, 0.2) is 5.13 Å². The van der Waals surface area contributed by atoms with Crippen LogP contribution in [0.2, 0.25) is 0 Å². The smallest absolute Gasteiger partial charge is 0.183 e. The SMILES string of the molecule is CCNc1nc2cnccc2s1. The van der Waals surface area contributed by atoms with E-state index in [4.69, 9.17) is 0 Å². The molecule has 2 aromatic heterocycles. The Labute approximate surface area is 74.5 Å². The third-order valence-electron chi connectivity index (χ3n) is 1.52. The number of thiazole rings is 1. The van der Waals surface area contributed by atoms with Crippen LogP contribution in [0.25, 0.3) is 10.2 Å². The summed E-state index contributed by atoms with van der Waals surface area (Å²) in [6.45, 7) is 2.97. The van der Waals surface area contributed by atoms with Crippen LogP contribution in [0.15, 0.2) is 18.5 Å². The summed E-state index contributed by atoms with van der Waals surface area (Å²) < 4.78 is 1.18. The van der Waals surface area contributed by atoms with Crippen molar-refractivity contribution in [3.05, 3.63) is 18.5 Å². The van der Waals surface area contributed by atoms with Crippen LogP contribution in [0.4, 0.5) is 5.13 Å². The standard InChI is InChI=1S/C8H9N3S/c1-2-10-8-11-6-5-9-4-3-7(6)12-8/h3-5H,2H2,1H3,(H,10,11). The molecular weight excluding hydrogens is 170 g/mol. The lowest BCUT2D eigenvalue weighted by Crippen LogP contribution is -1.94. The minimum Gasteiger partial charge on any atom is -0.362 e. The molecule has 4 heteroatoms. The Morgan fingerprint density at radius 3 is 3.25 bits per heavy atom. The zero-order chi connectivity index (χ0) is 8.39. The molecule has 0 amide bonds. The molecule has 0 saturated carbocycles. The van der Waals surface area contributed by atoms with E-state index in [-0.39, 0.29) is 0 Å². The van der Waals surface area contributed by atoms with Gasteiger partial charge in [-0.05, 0) is 13.0 Å². The average Bonchev–Trinajstić information content (AvgIpc) is 2.47. The number of hydrogen-bond donors (Lipinski definition) is 1. The summed E-state index contributed by atoms with van der Waals surface area (Å²) >= 11 is 1.66. The molecule has 12 heavy (non-hydrogen) atoms. The molecule has 0 aromatic carbocycles. The zero-order valence-corrected chi connectivity index (χ0v) is 7.56. The van der Waals surface area contributed by atoms with Crippen LogP contribution < -0.4 is 5.32 Å². The second-order valence-electron chi connectivity index (χ2n) is 2.39. The molecule has 0 bridgehead atoms. The van der Waals surface area contributed by atoms with E-state index in [9.17, 15) is 0 Å². The molecule has 2 heterocycles. The summed E-state index contributed by atoms with van der Waals surface area (Å²) in [6.07, 6.45) is 3.57. The molecule has 0 aliphatic rings. The van der Waals surface area contributed by atoms with Crippen molar-refractivity contribution in [1.29, 1.82) is 0 Å². The minimum atomic E-state index is 0.910. The second kappa shape index (κ2) is 3.06. The molecule has 0 atom stereocenters. The van der Waals surface area contributed by atoms with Gasteiger partial charge in [0.1, 0.15) is 5.52 Å². The predicted molar refractivity (Wildman–Crippen MR) is 51.6 cm³/mol. The van der Waals surface area contributed by atoms with E-state index in [1.807, 2.05) is 6.07 Å². The monoisotopic (exact) mass is 179 g/mol. The molecule has 3 nitrogen and oxygen atoms in total. The summed E-state index contributed by atoms with van der Waals surface area (Å²) in [5.41, 5.74) is 0.971. The molecule has 0 saturated heterocycles. The van der Waals surface area contributed by atoms with Gasteiger partial charge in [0, 0.05) is 12.7 Å². The van der Waals surface area contributed by atoms with E-state index in [2.05, 4.69) is 22.2 Å². The van der Waals surface area contributed by atoms with Crippen LogP contribution in [-0.4, -0.2) is 16.5 Å². The summed E-state index contributed by atoms with van der Waals surface area (Å²) in [6, 6.07) is 1.98. The van der Waals surface area contributed by atoms with Gasteiger partial charge in [0.2, 0.25) is 0 Å². The van der Waals surface area contributed by atoms with Crippen molar-refractivity contribution in [2.24, 2.45) is 0 Å². The maximum atomic E-state index is 4.35. The fourth-order valence-electron chi connectivity index (χ4n) is 1.01. The molecular formula is C8H9N3S. The fraction of sp³-hybridized carbons (Fsp3) is 0.250. The third-order valence-corrected chi connectivity index (χ3v) is 2.51. The highest BCUT2D eigenvalue weighted by atomic mass is 32.1. The van der Waals surface area contributed by atoms with E-state index >= 15 is 0 Å². The van der Waals surface area contributed by atoms with Gasteiger partial charge in [-0.2, -0.15) is 0 Å². The third kappa shape index (κ3) is 1.25. The van der Waals surface area contributed by atoms with Gasteiger partial charge in [-0.3, -0.25) is 4.98 Å². The van der Waals surface area contributed by atoms with Gasteiger partial charge in [0.05, 0.1) is 10.9 Å². The lowest BCUT2D eigenvalue weighted by Gasteiger charge is -1.91. The maximum absolute atomic E-state index is 4.35. The van der Waals surface area contributed by atoms with Crippen molar-refractivity contribution in [3.8, 4) is 0 Å². The first-order valence-corrected chi connectivity index (χ1v) is 4.66. The number of nitrogens with zero attached hydrogens (tertiary/aromatic N) is 2. The van der Waals surface area contributed by atoms with Crippen molar-refractivity contribution >= 4 is 26.7 Å². The number of rotatable bonds is 2. The Morgan fingerprint density at radius 1 is 1.58 bits per heavy atom. The second-order valence-corrected chi connectivity index (χ2v) is 3.42. The molecule has 0 aliphatic carbocycles. The average molecular weight is 179 g/mol. The Hall–Kier alpha value is -1.16. The van der Waals surface area contributed by atoms with Crippen molar-refractivity contribution in [2.75, 3.05) is 11.9 Å². The quantitative estimate of drug-likeness (QED) is 0.767. The van der Waals surface area contributed by atoms with E-state index in [1.54, 1.807) is 23.7 Å². The molecule has 0 unspecified atom stereocenters. The van der Waals surface area contributed by atoms with E-state index < -0.39 is 0 Å². The van der Waals surface area contributed by atoms with Crippen molar-refractivity contribution < 1.29 is 0 Å². The van der Waals surface area contributed by atoms with Crippen LogP contribution in [0.3, 0.4) is 0 Å². The summed E-state index contributed by atoms with van der Waals surface area (Å²) in [7, 11) is 0. The number of fused-ring (bicyclic) bond motifs is 1. The van der Waals surface area contributed by atoms with Crippen LogP contribution in [0.1, 0.15) is 6.92 Å².